The molecule has 3 aromatic carbocycles. The highest BCUT2D eigenvalue weighted by Crippen LogP contribution is 2.32. The van der Waals surface area contributed by atoms with Gasteiger partial charge >= 0.3 is 0 Å². The number of nitrogens with one attached hydrogen (secondary N) is 1. The molecule has 3 aromatic rings. The number of ether oxygens (including phenoxy) is 3. The van der Waals surface area contributed by atoms with E-state index in [-0.39, 0.29) is 11.4 Å². The molecule has 1 fully saturated rings. The number of thioether (sulfide) groups is 1. The van der Waals surface area contributed by atoms with Crippen LogP contribution < -0.4 is 19.5 Å². The largest absolute Gasteiger partial charge is 0.497 e. The standard InChI is InChI=1S/C27H24N2O6S/c1-33-21-12-10-20(11-13-21)28-25(30)18-29-26(31)24(36-27(29)32)17-19-6-5-9-23(16-19)35-15-14-34-22-7-3-2-4-8-22/h2-13,16-17H,14-15,18H2,1H3,(H,28,30)/b24-17+. The molecule has 184 valence electrons. The number of amides is 3. The summed E-state index contributed by atoms with van der Waals surface area (Å²) in [6.45, 7) is 0.350. The molecule has 0 aliphatic carbocycles. The summed E-state index contributed by atoms with van der Waals surface area (Å²) >= 11 is 0.796. The summed E-state index contributed by atoms with van der Waals surface area (Å²) in [5, 5.41) is 2.17. The van der Waals surface area contributed by atoms with Gasteiger partial charge in [0.25, 0.3) is 11.1 Å². The van der Waals surface area contributed by atoms with Crippen LogP contribution in [0.15, 0.2) is 83.8 Å². The molecule has 0 bridgehead atoms. The van der Waals surface area contributed by atoms with Gasteiger partial charge in [0.05, 0.1) is 12.0 Å². The number of methoxy groups -OCH3 is 1. The van der Waals surface area contributed by atoms with Crippen molar-refractivity contribution in [1.82, 2.24) is 4.90 Å². The molecule has 9 heteroatoms. The maximum atomic E-state index is 12.8. The highest BCUT2D eigenvalue weighted by molar-refractivity contribution is 8.18. The lowest BCUT2D eigenvalue weighted by atomic mass is 10.2. The van der Waals surface area contributed by atoms with Crippen LogP contribution >= 0.6 is 11.8 Å². The van der Waals surface area contributed by atoms with Crippen LogP contribution in [0.3, 0.4) is 0 Å². The van der Waals surface area contributed by atoms with Crippen LogP contribution in [0.5, 0.6) is 17.2 Å². The first-order valence-electron chi connectivity index (χ1n) is 11.1. The Morgan fingerprint density at radius 2 is 1.58 bits per heavy atom. The van der Waals surface area contributed by atoms with Crippen molar-refractivity contribution in [3.05, 3.63) is 89.3 Å². The molecule has 8 nitrogen and oxygen atoms in total. The van der Waals surface area contributed by atoms with Gasteiger partial charge in [0, 0.05) is 5.69 Å². The van der Waals surface area contributed by atoms with Crippen LogP contribution in [0.4, 0.5) is 10.5 Å². The second kappa shape index (κ2) is 11.9. The molecule has 1 saturated heterocycles. The van der Waals surface area contributed by atoms with Crippen LogP contribution in [0.2, 0.25) is 0 Å². The Balaban J connectivity index is 1.32. The Morgan fingerprint density at radius 3 is 2.31 bits per heavy atom. The summed E-state index contributed by atoms with van der Waals surface area (Å²) in [5.41, 5.74) is 1.24. The van der Waals surface area contributed by atoms with Gasteiger partial charge in [-0.1, -0.05) is 30.3 Å². The molecular formula is C27H24N2O6S. The minimum absolute atomic E-state index is 0.238. The van der Waals surface area contributed by atoms with Gasteiger partial charge < -0.3 is 19.5 Å². The number of carbonyl (C=O) groups excluding carboxylic acids is 3. The Bertz CT molecular complexity index is 1260. The maximum absolute atomic E-state index is 12.8. The first-order valence-corrected chi connectivity index (χ1v) is 11.9. The Morgan fingerprint density at radius 1 is 0.889 bits per heavy atom. The molecule has 0 spiro atoms. The number of anilines is 1. The van der Waals surface area contributed by atoms with Gasteiger partial charge in [0.15, 0.2) is 0 Å². The van der Waals surface area contributed by atoms with Crippen molar-refractivity contribution in [3.63, 3.8) is 0 Å². The zero-order valence-electron chi connectivity index (χ0n) is 19.5. The summed E-state index contributed by atoms with van der Waals surface area (Å²) in [5.74, 6) is 1.04. The van der Waals surface area contributed by atoms with Crippen molar-refractivity contribution in [2.45, 2.75) is 0 Å². The van der Waals surface area contributed by atoms with Crippen LogP contribution in [-0.2, 0) is 9.59 Å². The van der Waals surface area contributed by atoms with Crippen molar-refractivity contribution in [2.75, 3.05) is 32.2 Å². The van der Waals surface area contributed by atoms with Gasteiger partial charge in [0.1, 0.15) is 37.0 Å². The van der Waals surface area contributed by atoms with Gasteiger partial charge in [-0.15, -0.1) is 0 Å². The highest BCUT2D eigenvalue weighted by Gasteiger charge is 2.36. The van der Waals surface area contributed by atoms with Crippen LogP contribution in [0, 0.1) is 0 Å². The van der Waals surface area contributed by atoms with E-state index in [1.165, 1.54) is 0 Å². The van der Waals surface area contributed by atoms with Gasteiger partial charge in [-0.05, 0) is 71.9 Å². The number of para-hydroxylation sites is 1. The van der Waals surface area contributed by atoms with Crippen LogP contribution in [0.1, 0.15) is 5.56 Å². The van der Waals surface area contributed by atoms with Crippen LogP contribution in [-0.4, -0.2) is 48.8 Å². The maximum Gasteiger partial charge on any atom is 0.294 e. The van der Waals surface area contributed by atoms with Crippen molar-refractivity contribution < 1.29 is 28.6 Å². The summed E-state index contributed by atoms with van der Waals surface area (Å²) in [4.78, 5) is 38.8. The smallest absolute Gasteiger partial charge is 0.294 e. The predicted octanol–water partition coefficient (Wildman–Crippen LogP) is 4.83. The third-order valence-corrected chi connectivity index (χ3v) is 5.98. The summed E-state index contributed by atoms with van der Waals surface area (Å²) in [6, 6.07) is 23.4. The van der Waals surface area contributed by atoms with Crippen LogP contribution in [0.25, 0.3) is 6.08 Å². The molecule has 0 unspecified atom stereocenters. The number of nitrogens with zero attached hydrogens (tertiary/aromatic N) is 1. The Kier molecular flexibility index (Phi) is 8.25. The Labute approximate surface area is 212 Å². The molecule has 1 aliphatic heterocycles. The first-order chi connectivity index (χ1) is 17.5. The predicted molar refractivity (Wildman–Crippen MR) is 138 cm³/mol. The highest BCUT2D eigenvalue weighted by atomic mass is 32.2. The van der Waals surface area contributed by atoms with E-state index in [9.17, 15) is 14.4 Å². The summed E-state index contributed by atoms with van der Waals surface area (Å²) in [7, 11) is 1.55. The molecule has 0 radical (unpaired) electrons. The van der Waals surface area contributed by atoms with E-state index in [2.05, 4.69) is 5.32 Å². The fourth-order valence-electron chi connectivity index (χ4n) is 3.34. The number of imide groups is 1. The number of benzene rings is 3. The van der Waals surface area contributed by atoms with Crippen molar-refractivity contribution >= 4 is 40.6 Å². The van der Waals surface area contributed by atoms with E-state index in [1.54, 1.807) is 61.7 Å². The van der Waals surface area contributed by atoms with E-state index >= 15 is 0 Å². The number of hydrogen-bond acceptors (Lipinski definition) is 7. The minimum Gasteiger partial charge on any atom is -0.497 e. The second-order valence-corrected chi connectivity index (χ2v) is 8.62. The molecule has 1 aliphatic rings. The Hall–Kier alpha value is -4.24. The number of hydrogen-bond donors (Lipinski definition) is 1. The van der Waals surface area contributed by atoms with Crippen molar-refractivity contribution in [2.24, 2.45) is 0 Å². The number of carbonyl (C=O) groups is 3. The van der Waals surface area contributed by atoms with Gasteiger partial charge in [-0.3, -0.25) is 19.3 Å². The monoisotopic (exact) mass is 504 g/mol. The fraction of sp³-hybridized carbons (Fsp3) is 0.148. The van der Waals surface area contributed by atoms with E-state index in [1.807, 2.05) is 30.3 Å². The minimum atomic E-state index is -0.516. The fourth-order valence-corrected chi connectivity index (χ4v) is 4.17. The molecule has 4 rings (SSSR count). The lowest BCUT2D eigenvalue weighted by Gasteiger charge is -2.12. The molecule has 1 N–H and O–H groups in total. The summed E-state index contributed by atoms with van der Waals surface area (Å²) < 4.78 is 16.4. The molecular weight excluding hydrogens is 480 g/mol. The lowest BCUT2D eigenvalue weighted by Crippen LogP contribution is -2.36. The first kappa shape index (κ1) is 24.9. The number of rotatable bonds is 10. The third-order valence-electron chi connectivity index (χ3n) is 5.07. The molecule has 1 heterocycles. The molecule has 3 amide bonds. The van der Waals surface area contributed by atoms with E-state index in [0.717, 1.165) is 22.4 Å². The van der Waals surface area contributed by atoms with Gasteiger partial charge in [0.2, 0.25) is 5.91 Å². The van der Waals surface area contributed by atoms with E-state index < -0.39 is 17.1 Å². The topological polar surface area (TPSA) is 94.2 Å². The van der Waals surface area contributed by atoms with E-state index in [4.69, 9.17) is 14.2 Å². The molecule has 0 atom stereocenters. The van der Waals surface area contributed by atoms with Gasteiger partial charge in [-0.2, -0.15) is 0 Å². The zero-order chi connectivity index (χ0) is 25.3. The van der Waals surface area contributed by atoms with E-state index in [0.29, 0.717) is 36.0 Å². The quantitative estimate of drug-likeness (QED) is 0.312. The molecule has 0 saturated carbocycles. The average molecular weight is 505 g/mol. The molecule has 0 aromatic heterocycles. The third kappa shape index (κ3) is 6.67. The average Bonchev–Trinajstić information content (AvgIpc) is 3.15. The lowest BCUT2D eigenvalue weighted by molar-refractivity contribution is -0.127. The molecule has 36 heavy (non-hydrogen) atoms. The van der Waals surface area contributed by atoms with Crippen molar-refractivity contribution in [3.8, 4) is 17.2 Å². The summed E-state index contributed by atoms with van der Waals surface area (Å²) in [6.07, 6.45) is 1.61. The zero-order valence-corrected chi connectivity index (χ0v) is 20.3. The SMILES string of the molecule is COc1ccc(NC(=O)CN2C(=O)S/C(=C/c3cccc(OCCOc4ccccc4)c3)C2=O)cc1. The van der Waals surface area contributed by atoms with Crippen molar-refractivity contribution in [1.29, 1.82) is 0 Å². The second-order valence-electron chi connectivity index (χ2n) is 7.63. The van der Waals surface area contributed by atoms with Gasteiger partial charge in [-0.25, -0.2) is 0 Å². The normalized spacial score (nSPS) is 14.1.